The maximum atomic E-state index is 12.4. The third kappa shape index (κ3) is 1.84. The van der Waals surface area contributed by atoms with Crippen LogP contribution in [0.2, 0.25) is 0 Å². The number of hydrogen-bond acceptors (Lipinski definition) is 3. The zero-order valence-corrected chi connectivity index (χ0v) is 10.2. The Hall–Kier alpha value is -1.94. The Balaban J connectivity index is 1.96. The number of nitrogens with zero attached hydrogens (tertiary/aromatic N) is 2. The Labute approximate surface area is 105 Å². The second kappa shape index (κ2) is 4.38. The van der Waals surface area contributed by atoms with Crippen LogP contribution in [-0.2, 0) is 18.2 Å². The van der Waals surface area contributed by atoms with Gasteiger partial charge in [0, 0.05) is 13.2 Å². The smallest absolute Gasteiger partial charge is 0.216 e. The highest BCUT2D eigenvalue weighted by Crippen LogP contribution is 2.29. The first-order chi connectivity index (χ1) is 8.75. The van der Waals surface area contributed by atoms with Crippen LogP contribution >= 0.6 is 0 Å². The highest BCUT2D eigenvalue weighted by molar-refractivity contribution is 5.98. The van der Waals surface area contributed by atoms with Crippen molar-refractivity contribution in [1.82, 2.24) is 9.78 Å². The van der Waals surface area contributed by atoms with Crippen molar-refractivity contribution in [3.63, 3.8) is 0 Å². The Morgan fingerprint density at radius 1 is 1.39 bits per heavy atom. The van der Waals surface area contributed by atoms with Gasteiger partial charge in [0.15, 0.2) is 0 Å². The molecule has 92 valence electrons. The summed E-state index contributed by atoms with van der Waals surface area (Å²) in [5.41, 5.74) is 2.62. The highest BCUT2D eigenvalue weighted by atomic mass is 16.5. The third-order valence-electron chi connectivity index (χ3n) is 3.20. The largest absolute Gasteiger partial charge is 0.365 e. The van der Waals surface area contributed by atoms with E-state index in [1.54, 1.807) is 24.0 Å². The van der Waals surface area contributed by atoms with Crippen molar-refractivity contribution < 1.29 is 9.53 Å². The van der Waals surface area contributed by atoms with Gasteiger partial charge in [-0.05, 0) is 23.6 Å². The molecule has 0 fully saturated rings. The van der Waals surface area contributed by atoms with E-state index in [2.05, 4.69) is 11.2 Å². The number of ketones is 1. The SMILES string of the molecule is Cn1ccc(C(=O)C2OCCc3ccccc32)n1. The predicted molar refractivity (Wildman–Crippen MR) is 66.4 cm³/mol. The minimum atomic E-state index is -0.509. The summed E-state index contributed by atoms with van der Waals surface area (Å²) in [6.45, 7) is 0.584. The number of rotatable bonds is 2. The fourth-order valence-electron chi connectivity index (χ4n) is 2.29. The molecule has 4 heteroatoms. The van der Waals surface area contributed by atoms with E-state index >= 15 is 0 Å². The van der Waals surface area contributed by atoms with Gasteiger partial charge in [-0.1, -0.05) is 24.3 Å². The van der Waals surface area contributed by atoms with Gasteiger partial charge < -0.3 is 4.74 Å². The number of Topliss-reactive ketones (excluding diaryl/α,β-unsaturated/α-hetero) is 1. The Bertz CT molecular complexity index is 589. The molecule has 0 saturated carbocycles. The van der Waals surface area contributed by atoms with Gasteiger partial charge in [-0.15, -0.1) is 0 Å². The minimum Gasteiger partial charge on any atom is -0.365 e. The lowest BCUT2D eigenvalue weighted by atomic mass is 9.94. The summed E-state index contributed by atoms with van der Waals surface area (Å²) in [5, 5.41) is 4.15. The quantitative estimate of drug-likeness (QED) is 0.756. The van der Waals surface area contributed by atoms with Crippen LogP contribution in [0.3, 0.4) is 0 Å². The Morgan fingerprint density at radius 2 is 2.22 bits per heavy atom. The second-order valence-electron chi connectivity index (χ2n) is 4.44. The van der Waals surface area contributed by atoms with Crippen LogP contribution in [0, 0.1) is 0 Å². The van der Waals surface area contributed by atoms with Crippen molar-refractivity contribution in [3.8, 4) is 0 Å². The van der Waals surface area contributed by atoms with Gasteiger partial charge >= 0.3 is 0 Å². The number of fused-ring (bicyclic) bond motifs is 1. The summed E-state index contributed by atoms with van der Waals surface area (Å²) >= 11 is 0. The van der Waals surface area contributed by atoms with E-state index < -0.39 is 6.10 Å². The van der Waals surface area contributed by atoms with E-state index in [0.29, 0.717) is 12.3 Å². The van der Waals surface area contributed by atoms with Crippen LogP contribution in [0.25, 0.3) is 0 Å². The van der Waals surface area contributed by atoms with Crippen LogP contribution in [0.4, 0.5) is 0 Å². The fourth-order valence-corrected chi connectivity index (χ4v) is 2.29. The van der Waals surface area contributed by atoms with E-state index in [0.717, 1.165) is 12.0 Å². The molecule has 2 heterocycles. The number of carbonyl (C=O) groups excluding carboxylic acids is 1. The zero-order chi connectivity index (χ0) is 12.5. The van der Waals surface area contributed by atoms with E-state index in [-0.39, 0.29) is 5.78 Å². The molecule has 1 aliphatic heterocycles. The Morgan fingerprint density at radius 3 is 3.00 bits per heavy atom. The number of aromatic nitrogens is 2. The van der Waals surface area contributed by atoms with Gasteiger partial charge in [0.25, 0.3) is 0 Å². The van der Waals surface area contributed by atoms with Gasteiger partial charge in [-0.3, -0.25) is 9.48 Å². The van der Waals surface area contributed by atoms with Crippen molar-refractivity contribution in [1.29, 1.82) is 0 Å². The van der Waals surface area contributed by atoms with Crippen molar-refractivity contribution in [2.45, 2.75) is 12.5 Å². The number of hydrogen-bond donors (Lipinski definition) is 0. The number of carbonyl (C=O) groups is 1. The van der Waals surface area contributed by atoms with Crippen molar-refractivity contribution >= 4 is 5.78 Å². The third-order valence-corrected chi connectivity index (χ3v) is 3.20. The molecule has 1 aliphatic rings. The van der Waals surface area contributed by atoms with Gasteiger partial charge in [0.2, 0.25) is 5.78 Å². The van der Waals surface area contributed by atoms with E-state index in [1.807, 2.05) is 18.2 Å². The molecule has 2 aromatic rings. The molecule has 0 saturated heterocycles. The lowest BCUT2D eigenvalue weighted by molar-refractivity contribution is 0.0344. The maximum absolute atomic E-state index is 12.4. The first-order valence-corrected chi connectivity index (χ1v) is 5.99. The minimum absolute atomic E-state index is 0.0669. The van der Waals surface area contributed by atoms with E-state index in [1.165, 1.54) is 5.56 Å². The molecule has 3 rings (SSSR count). The standard InChI is InChI=1S/C14H14N2O2/c1-16-8-6-12(15-16)13(17)14-11-5-3-2-4-10(11)7-9-18-14/h2-6,8,14H,7,9H2,1H3. The molecule has 0 N–H and O–H groups in total. The molecule has 0 spiro atoms. The molecule has 0 amide bonds. The van der Waals surface area contributed by atoms with Gasteiger partial charge in [0.05, 0.1) is 6.61 Å². The predicted octanol–water partition coefficient (Wildman–Crippen LogP) is 1.92. The molecule has 0 radical (unpaired) electrons. The molecule has 18 heavy (non-hydrogen) atoms. The van der Waals surface area contributed by atoms with Crippen molar-refractivity contribution in [3.05, 3.63) is 53.3 Å². The van der Waals surface area contributed by atoms with Crippen molar-refractivity contribution in [2.75, 3.05) is 6.61 Å². The fraction of sp³-hybridized carbons (Fsp3) is 0.286. The van der Waals surface area contributed by atoms with Gasteiger partial charge in [-0.2, -0.15) is 5.10 Å². The molecule has 1 aromatic carbocycles. The molecule has 0 bridgehead atoms. The zero-order valence-electron chi connectivity index (χ0n) is 10.2. The summed E-state index contributed by atoms with van der Waals surface area (Å²) in [6.07, 6.45) is 2.12. The van der Waals surface area contributed by atoms with Crippen LogP contribution in [0.15, 0.2) is 36.5 Å². The van der Waals surface area contributed by atoms with Crippen LogP contribution < -0.4 is 0 Å². The van der Waals surface area contributed by atoms with Gasteiger partial charge in [0.1, 0.15) is 11.8 Å². The molecular weight excluding hydrogens is 228 g/mol. The average Bonchev–Trinajstić information content (AvgIpc) is 2.84. The van der Waals surface area contributed by atoms with Crippen LogP contribution in [0.5, 0.6) is 0 Å². The number of aryl methyl sites for hydroxylation is 1. The molecule has 0 aliphatic carbocycles. The van der Waals surface area contributed by atoms with E-state index in [9.17, 15) is 4.79 Å². The molecule has 4 nitrogen and oxygen atoms in total. The molecule has 1 atom stereocenters. The normalized spacial score (nSPS) is 18.4. The monoisotopic (exact) mass is 242 g/mol. The summed E-state index contributed by atoms with van der Waals surface area (Å²) in [4.78, 5) is 12.4. The Kier molecular flexibility index (Phi) is 2.72. The first kappa shape index (κ1) is 11.2. The summed E-state index contributed by atoms with van der Waals surface area (Å²) in [7, 11) is 1.80. The van der Waals surface area contributed by atoms with E-state index in [4.69, 9.17) is 4.74 Å². The lowest BCUT2D eigenvalue weighted by Gasteiger charge is -2.24. The first-order valence-electron chi connectivity index (χ1n) is 5.99. The molecule has 1 unspecified atom stereocenters. The molecular formula is C14H14N2O2. The number of ether oxygens (including phenoxy) is 1. The van der Waals surface area contributed by atoms with Crippen molar-refractivity contribution in [2.24, 2.45) is 7.05 Å². The maximum Gasteiger partial charge on any atom is 0.216 e. The highest BCUT2D eigenvalue weighted by Gasteiger charge is 2.29. The molecule has 1 aromatic heterocycles. The van der Waals surface area contributed by atoms with Crippen LogP contribution in [0.1, 0.15) is 27.7 Å². The topological polar surface area (TPSA) is 44.1 Å². The number of benzene rings is 1. The second-order valence-corrected chi connectivity index (χ2v) is 4.44. The lowest BCUT2D eigenvalue weighted by Crippen LogP contribution is -2.23. The van der Waals surface area contributed by atoms with Gasteiger partial charge in [-0.25, -0.2) is 0 Å². The summed E-state index contributed by atoms with van der Waals surface area (Å²) in [5.74, 6) is -0.0669. The average molecular weight is 242 g/mol. The van der Waals surface area contributed by atoms with Crippen LogP contribution in [-0.4, -0.2) is 22.2 Å². The summed E-state index contributed by atoms with van der Waals surface area (Å²) < 4.78 is 7.26. The summed E-state index contributed by atoms with van der Waals surface area (Å²) in [6, 6.07) is 9.66.